The third kappa shape index (κ3) is 2.50. The van der Waals surface area contributed by atoms with Gasteiger partial charge in [-0.15, -0.1) is 0 Å². The van der Waals surface area contributed by atoms with Crippen LogP contribution in [0, 0.1) is 11.7 Å². The second-order valence-corrected chi connectivity index (χ2v) is 6.02. The molecule has 0 aromatic heterocycles. The molecule has 1 N–H and O–H groups in total. The first-order valence-electron chi connectivity index (χ1n) is 6.98. The van der Waals surface area contributed by atoms with Gasteiger partial charge in [0.2, 0.25) is 5.91 Å². The molecule has 1 aliphatic carbocycles. The summed E-state index contributed by atoms with van der Waals surface area (Å²) in [7, 11) is 0. The summed E-state index contributed by atoms with van der Waals surface area (Å²) in [5, 5.41) is 9.46. The topological polar surface area (TPSA) is 57.6 Å². The number of carboxylic acid groups (broad SMARTS) is 1. The Hall–Kier alpha value is -1.62. The zero-order valence-corrected chi connectivity index (χ0v) is 12.0. The van der Waals surface area contributed by atoms with E-state index in [1.54, 1.807) is 6.07 Å². The molecule has 112 valence electrons. The van der Waals surface area contributed by atoms with Crippen molar-refractivity contribution < 1.29 is 19.1 Å². The SMILES string of the molecule is O=C(O)[C@@H]1CCCN1C(=O)C1CC1c1c(F)cccc1Cl. The Morgan fingerprint density at radius 1 is 1.38 bits per heavy atom. The van der Waals surface area contributed by atoms with Crippen molar-refractivity contribution >= 4 is 23.5 Å². The number of halogens is 2. The third-order valence-electron chi connectivity index (χ3n) is 4.30. The predicted octanol–water partition coefficient (Wildman–Crippen LogP) is 2.66. The average Bonchev–Trinajstić information content (AvgIpc) is 3.03. The summed E-state index contributed by atoms with van der Waals surface area (Å²) in [6, 6.07) is 3.73. The normalized spacial score (nSPS) is 27.7. The number of hydrogen-bond donors (Lipinski definition) is 1. The van der Waals surface area contributed by atoms with Gasteiger partial charge in [0.25, 0.3) is 0 Å². The summed E-state index contributed by atoms with van der Waals surface area (Å²) >= 11 is 6.01. The quantitative estimate of drug-likeness (QED) is 0.933. The minimum atomic E-state index is -0.970. The molecule has 0 radical (unpaired) electrons. The van der Waals surface area contributed by atoms with Crippen LogP contribution < -0.4 is 0 Å². The Balaban J connectivity index is 1.76. The standard InChI is InChI=1S/C15H15ClFNO3/c16-10-3-1-4-11(17)13(10)8-7-9(8)14(19)18-6-2-5-12(18)15(20)21/h1,3-4,8-9,12H,2,5-7H2,(H,20,21)/t8?,9?,12-/m0/s1. The highest BCUT2D eigenvalue weighted by atomic mass is 35.5. The van der Waals surface area contributed by atoms with Crippen LogP contribution in [0.5, 0.6) is 0 Å². The summed E-state index contributed by atoms with van der Waals surface area (Å²) in [5.74, 6) is -2.15. The van der Waals surface area contributed by atoms with Crippen molar-refractivity contribution in [3.63, 3.8) is 0 Å². The summed E-state index contributed by atoms with van der Waals surface area (Å²) in [5.41, 5.74) is 0.378. The van der Waals surface area contributed by atoms with E-state index in [1.807, 2.05) is 0 Å². The van der Waals surface area contributed by atoms with Gasteiger partial charge in [0, 0.05) is 29.0 Å². The Labute approximate surface area is 126 Å². The van der Waals surface area contributed by atoms with Crippen LogP contribution in [0.4, 0.5) is 4.39 Å². The van der Waals surface area contributed by atoms with Crippen LogP contribution in [0.1, 0.15) is 30.7 Å². The van der Waals surface area contributed by atoms with Crippen molar-refractivity contribution in [1.29, 1.82) is 0 Å². The number of rotatable bonds is 3. The smallest absolute Gasteiger partial charge is 0.326 e. The summed E-state index contributed by atoms with van der Waals surface area (Å²) in [6.45, 7) is 0.462. The van der Waals surface area contributed by atoms with Gasteiger partial charge in [0.15, 0.2) is 0 Å². The molecule has 1 amide bonds. The van der Waals surface area contributed by atoms with Crippen LogP contribution >= 0.6 is 11.6 Å². The van der Waals surface area contributed by atoms with Gasteiger partial charge in [-0.25, -0.2) is 9.18 Å². The Kier molecular flexibility index (Phi) is 3.61. The highest BCUT2D eigenvalue weighted by molar-refractivity contribution is 6.31. The molecule has 1 aliphatic heterocycles. The number of carboxylic acids is 1. The summed E-state index contributed by atoms with van der Waals surface area (Å²) < 4.78 is 13.9. The van der Waals surface area contributed by atoms with Crippen LogP contribution in [0.15, 0.2) is 18.2 Å². The molecule has 0 bridgehead atoms. The minimum Gasteiger partial charge on any atom is -0.480 e. The minimum absolute atomic E-state index is 0.191. The number of benzene rings is 1. The Morgan fingerprint density at radius 3 is 2.81 bits per heavy atom. The van der Waals surface area contributed by atoms with E-state index < -0.39 is 17.8 Å². The van der Waals surface area contributed by atoms with E-state index in [0.717, 1.165) is 0 Å². The van der Waals surface area contributed by atoms with E-state index >= 15 is 0 Å². The number of likely N-dealkylation sites (tertiary alicyclic amines) is 1. The molecule has 2 unspecified atom stereocenters. The predicted molar refractivity (Wildman–Crippen MR) is 74.6 cm³/mol. The zero-order valence-electron chi connectivity index (χ0n) is 11.3. The number of amides is 1. The maximum atomic E-state index is 13.9. The lowest BCUT2D eigenvalue weighted by atomic mass is 10.1. The fourth-order valence-electron chi connectivity index (χ4n) is 3.15. The first-order valence-corrected chi connectivity index (χ1v) is 7.35. The molecule has 6 heteroatoms. The fourth-order valence-corrected chi connectivity index (χ4v) is 3.46. The monoisotopic (exact) mass is 311 g/mol. The van der Waals surface area contributed by atoms with Crippen LogP contribution in [0.3, 0.4) is 0 Å². The average molecular weight is 312 g/mol. The van der Waals surface area contributed by atoms with Crippen molar-refractivity contribution in [1.82, 2.24) is 4.90 Å². The van der Waals surface area contributed by atoms with Gasteiger partial charge in [0.1, 0.15) is 11.9 Å². The van der Waals surface area contributed by atoms with Gasteiger partial charge >= 0.3 is 5.97 Å². The lowest BCUT2D eigenvalue weighted by Crippen LogP contribution is -2.41. The molecule has 3 atom stereocenters. The van der Waals surface area contributed by atoms with E-state index in [1.165, 1.54) is 17.0 Å². The molecule has 4 nitrogen and oxygen atoms in total. The van der Waals surface area contributed by atoms with Gasteiger partial charge in [-0.05, 0) is 31.4 Å². The van der Waals surface area contributed by atoms with Crippen molar-refractivity contribution in [3.8, 4) is 0 Å². The van der Waals surface area contributed by atoms with Crippen LogP contribution in [-0.2, 0) is 9.59 Å². The Bertz CT molecular complexity index is 586. The number of aliphatic carboxylic acids is 1. The van der Waals surface area contributed by atoms with E-state index in [4.69, 9.17) is 16.7 Å². The number of carbonyl (C=O) groups is 2. The van der Waals surface area contributed by atoms with Crippen molar-refractivity contribution in [2.45, 2.75) is 31.2 Å². The van der Waals surface area contributed by atoms with Gasteiger partial charge in [0.05, 0.1) is 0 Å². The molecule has 3 rings (SSSR count). The van der Waals surface area contributed by atoms with Crippen LogP contribution in [-0.4, -0.2) is 34.5 Å². The molecule has 1 saturated carbocycles. The molecule has 1 saturated heterocycles. The highest BCUT2D eigenvalue weighted by Crippen LogP contribution is 2.51. The first-order chi connectivity index (χ1) is 10.0. The van der Waals surface area contributed by atoms with E-state index in [9.17, 15) is 14.0 Å². The third-order valence-corrected chi connectivity index (χ3v) is 4.63. The van der Waals surface area contributed by atoms with E-state index in [-0.39, 0.29) is 17.7 Å². The largest absolute Gasteiger partial charge is 0.480 e. The van der Waals surface area contributed by atoms with Gasteiger partial charge in [-0.1, -0.05) is 17.7 Å². The van der Waals surface area contributed by atoms with E-state index in [0.29, 0.717) is 36.4 Å². The highest BCUT2D eigenvalue weighted by Gasteiger charge is 2.50. The second kappa shape index (κ2) is 5.30. The lowest BCUT2D eigenvalue weighted by Gasteiger charge is -2.21. The number of carbonyl (C=O) groups excluding carboxylic acids is 1. The number of nitrogens with zero attached hydrogens (tertiary/aromatic N) is 1. The zero-order chi connectivity index (χ0) is 15.1. The molecular weight excluding hydrogens is 297 g/mol. The Morgan fingerprint density at radius 2 is 2.14 bits per heavy atom. The van der Waals surface area contributed by atoms with Crippen molar-refractivity contribution in [3.05, 3.63) is 34.6 Å². The van der Waals surface area contributed by atoms with Crippen molar-refractivity contribution in [2.75, 3.05) is 6.54 Å². The molecule has 2 aliphatic rings. The fraction of sp³-hybridized carbons (Fsp3) is 0.467. The first kappa shape index (κ1) is 14.3. The van der Waals surface area contributed by atoms with E-state index in [2.05, 4.69) is 0 Å². The second-order valence-electron chi connectivity index (χ2n) is 5.61. The maximum absolute atomic E-state index is 13.9. The lowest BCUT2D eigenvalue weighted by molar-refractivity contribution is -0.148. The summed E-state index contributed by atoms with van der Waals surface area (Å²) in [6.07, 6.45) is 1.71. The molecule has 1 heterocycles. The van der Waals surface area contributed by atoms with Gasteiger partial charge < -0.3 is 10.0 Å². The van der Waals surface area contributed by atoms with Crippen molar-refractivity contribution in [2.24, 2.45) is 5.92 Å². The molecule has 2 fully saturated rings. The maximum Gasteiger partial charge on any atom is 0.326 e. The molecular formula is C15H15ClFNO3. The summed E-state index contributed by atoms with van der Waals surface area (Å²) in [4.78, 5) is 25.0. The van der Waals surface area contributed by atoms with Crippen LogP contribution in [0.2, 0.25) is 5.02 Å². The molecule has 21 heavy (non-hydrogen) atoms. The van der Waals surface area contributed by atoms with Gasteiger partial charge in [-0.3, -0.25) is 4.79 Å². The number of hydrogen-bond acceptors (Lipinski definition) is 2. The molecule has 1 aromatic rings. The molecule has 1 aromatic carbocycles. The van der Waals surface area contributed by atoms with Crippen LogP contribution in [0.25, 0.3) is 0 Å². The van der Waals surface area contributed by atoms with Gasteiger partial charge in [-0.2, -0.15) is 0 Å². The molecule has 0 spiro atoms.